The summed E-state index contributed by atoms with van der Waals surface area (Å²) in [6, 6.07) is 7.85. The van der Waals surface area contributed by atoms with Crippen LogP contribution in [-0.4, -0.2) is 18.3 Å². The Morgan fingerprint density at radius 1 is 1.05 bits per heavy atom. The fourth-order valence-corrected chi connectivity index (χ4v) is 2.17. The molecule has 0 bridgehead atoms. The highest BCUT2D eigenvalue weighted by molar-refractivity contribution is 5.51. The fraction of sp³-hybridized carbons (Fsp3) is 0.556. The van der Waals surface area contributed by atoms with E-state index in [0.717, 1.165) is 24.2 Å². The van der Waals surface area contributed by atoms with E-state index in [4.69, 9.17) is 4.74 Å². The number of methoxy groups -OCH3 is 1. The van der Waals surface area contributed by atoms with E-state index < -0.39 is 0 Å². The Bertz CT molecular complexity index is 368. The van der Waals surface area contributed by atoms with Gasteiger partial charge in [0.05, 0.1) is 13.2 Å². The van der Waals surface area contributed by atoms with Gasteiger partial charge in [-0.05, 0) is 24.1 Å². The van der Waals surface area contributed by atoms with E-state index in [1.807, 2.05) is 36.4 Å². The SMILES string of the molecule is CCCCCCCCC(O)/C=C\c1ccc(OC)cc1. The number of aliphatic hydroxyl groups excluding tert-OH is 1. The summed E-state index contributed by atoms with van der Waals surface area (Å²) in [5.74, 6) is 0.856. The number of hydrogen-bond donors (Lipinski definition) is 1. The molecule has 0 amide bonds. The summed E-state index contributed by atoms with van der Waals surface area (Å²) >= 11 is 0. The van der Waals surface area contributed by atoms with Gasteiger partial charge >= 0.3 is 0 Å². The largest absolute Gasteiger partial charge is 0.497 e. The maximum absolute atomic E-state index is 9.90. The standard InChI is InChI=1S/C18H28O2/c1-3-4-5-6-7-8-9-17(19)13-10-16-11-14-18(20-2)15-12-16/h10-15,17,19H,3-9H2,1-2H3/b13-10-. The molecule has 0 aliphatic carbocycles. The van der Waals surface area contributed by atoms with Gasteiger partial charge in [-0.1, -0.05) is 69.7 Å². The minimum Gasteiger partial charge on any atom is -0.497 e. The first-order chi connectivity index (χ1) is 9.76. The highest BCUT2D eigenvalue weighted by Crippen LogP contribution is 2.14. The van der Waals surface area contributed by atoms with E-state index in [2.05, 4.69) is 6.92 Å². The highest BCUT2D eigenvalue weighted by Gasteiger charge is 1.99. The van der Waals surface area contributed by atoms with Crippen LogP contribution in [0.15, 0.2) is 30.3 Å². The van der Waals surface area contributed by atoms with E-state index in [1.165, 1.54) is 32.1 Å². The Labute approximate surface area is 123 Å². The average Bonchev–Trinajstić information content (AvgIpc) is 2.49. The van der Waals surface area contributed by atoms with Gasteiger partial charge < -0.3 is 9.84 Å². The molecule has 112 valence electrons. The van der Waals surface area contributed by atoms with Crippen molar-refractivity contribution in [3.8, 4) is 5.75 Å². The Morgan fingerprint density at radius 2 is 1.70 bits per heavy atom. The summed E-state index contributed by atoms with van der Waals surface area (Å²) in [6.45, 7) is 2.23. The summed E-state index contributed by atoms with van der Waals surface area (Å²) < 4.78 is 5.11. The maximum atomic E-state index is 9.90. The van der Waals surface area contributed by atoms with Crippen LogP contribution in [0.1, 0.15) is 57.4 Å². The molecule has 1 rings (SSSR count). The van der Waals surface area contributed by atoms with Crippen molar-refractivity contribution in [2.24, 2.45) is 0 Å². The normalized spacial score (nSPS) is 12.8. The zero-order valence-electron chi connectivity index (χ0n) is 12.8. The summed E-state index contributed by atoms with van der Waals surface area (Å²) in [5, 5.41) is 9.90. The topological polar surface area (TPSA) is 29.5 Å². The number of aliphatic hydroxyl groups is 1. The predicted molar refractivity (Wildman–Crippen MR) is 86.0 cm³/mol. The molecule has 2 heteroatoms. The molecule has 1 N–H and O–H groups in total. The summed E-state index contributed by atoms with van der Waals surface area (Å²) in [4.78, 5) is 0. The number of unbranched alkanes of at least 4 members (excludes halogenated alkanes) is 5. The van der Waals surface area contributed by atoms with E-state index >= 15 is 0 Å². The van der Waals surface area contributed by atoms with Crippen molar-refractivity contribution in [2.75, 3.05) is 7.11 Å². The Balaban J connectivity index is 2.20. The lowest BCUT2D eigenvalue weighted by Gasteiger charge is -2.05. The second kappa shape index (κ2) is 10.5. The van der Waals surface area contributed by atoms with Crippen LogP contribution in [0.4, 0.5) is 0 Å². The molecule has 0 aliphatic heterocycles. The average molecular weight is 276 g/mol. The van der Waals surface area contributed by atoms with Crippen molar-refractivity contribution >= 4 is 6.08 Å². The molecule has 0 saturated heterocycles. The van der Waals surface area contributed by atoms with Crippen LogP contribution in [0.25, 0.3) is 6.08 Å². The lowest BCUT2D eigenvalue weighted by atomic mass is 10.1. The molecule has 1 aromatic rings. The zero-order valence-corrected chi connectivity index (χ0v) is 12.8. The molecule has 0 aliphatic rings. The third kappa shape index (κ3) is 7.34. The van der Waals surface area contributed by atoms with Crippen LogP contribution in [-0.2, 0) is 0 Å². The third-order valence-electron chi connectivity index (χ3n) is 3.48. The van der Waals surface area contributed by atoms with E-state index in [9.17, 15) is 5.11 Å². The molecule has 0 fully saturated rings. The van der Waals surface area contributed by atoms with Crippen LogP contribution in [0.5, 0.6) is 5.75 Å². The van der Waals surface area contributed by atoms with Crippen molar-refractivity contribution in [1.82, 2.24) is 0 Å². The molecule has 0 radical (unpaired) electrons. The monoisotopic (exact) mass is 276 g/mol. The summed E-state index contributed by atoms with van der Waals surface area (Å²) in [7, 11) is 1.66. The summed E-state index contributed by atoms with van der Waals surface area (Å²) in [5.41, 5.74) is 1.09. The molecule has 1 atom stereocenters. The van der Waals surface area contributed by atoms with Crippen LogP contribution >= 0.6 is 0 Å². The minimum absolute atomic E-state index is 0.330. The van der Waals surface area contributed by atoms with Gasteiger partial charge in [0.15, 0.2) is 0 Å². The first-order valence-corrected chi connectivity index (χ1v) is 7.76. The highest BCUT2D eigenvalue weighted by atomic mass is 16.5. The molecule has 2 nitrogen and oxygen atoms in total. The number of ether oxygens (including phenoxy) is 1. The number of benzene rings is 1. The van der Waals surface area contributed by atoms with Gasteiger partial charge in [0.25, 0.3) is 0 Å². The smallest absolute Gasteiger partial charge is 0.118 e. The van der Waals surface area contributed by atoms with Crippen LogP contribution in [0.3, 0.4) is 0 Å². The van der Waals surface area contributed by atoms with Gasteiger partial charge in [-0.25, -0.2) is 0 Å². The number of rotatable bonds is 10. The second-order valence-corrected chi connectivity index (χ2v) is 5.26. The molecule has 0 aromatic heterocycles. The van der Waals surface area contributed by atoms with Crippen LogP contribution in [0, 0.1) is 0 Å². The van der Waals surface area contributed by atoms with Gasteiger partial charge in [-0.3, -0.25) is 0 Å². The minimum atomic E-state index is -0.330. The van der Waals surface area contributed by atoms with E-state index in [0.29, 0.717) is 0 Å². The van der Waals surface area contributed by atoms with Gasteiger partial charge in [0.2, 0.25) is 0 Å². The maximum Gasteiger partial charge on any atom is 0.118 e. The molecule has 0 heterocycles. The van der Waals surface area contributed by atoms with Crippen molar-refractivity contribution in [3.05, 3.63) is 35.9 Å². The number of hydrogen-bond acceptors (Lipinski definition) is 2. The lowest BCUT2D eigenvalue weighted by molar-refractivity contribution is 0.209. The zero-order chi connectivity index (χ0) is 14.6. The van der Waals surface area contributed by atoms with Crippen LogP contribution in [0.2, 0.25) is 0 Å². The molecular formula is C18H28O2. The Kier molecular flexibility index (Phi) is 8.81. The molecule has 1 aromatic carbocycles. The summed E-state index contributed by atoms with van der Waals surface area (Å²) in [6.07, 6.45) is 12.0. The van der Waals surface area contributed by atoms with Crippen molar-refractivity contribution < 1.29 is 9.84 Å². The van der Waals surface area contributed by atoms with Gasteiger partial charge in [-0.2, -0.15) is 0 Å². The third-order valence-corrected chi connectivity index (χ3v) is 3.48. The van der Waals surface area contributed by atoms with E-state index in [1.54, 1.807) is 7.11 Å². The predicted octanol–water partition coefficient (Wildman–Crippen LogP) is 4.82. The van der Waals surface area contributed by atoms with Gasteiger partial charge in [0.1, 0.15) is 5.75 Å². The van der Waals surface area contributed by atoms with Gasteiger partial charge in [0, 0.05) is 0 Å². The van der Waals surface area contributed by atoms with E-state index in [-0.39, 0.29) is 6.10 Å². The van der Waals surface area contributed by atoms with Crippen molar-refractivity contribution in [3.63, 3.8) is 0 Å². The molecule has 0 saturated carbocycles. The first kappa shape index (κ1) is 16.8. The second-order valence-electron chi connectivity index (χ2n) is 5.26. The van der Waals surface area contributed by atoms with Crippen molar-refractivity contribution in [2.45, 2.75) is 58.0 Å². The van der Waals surface area contributed by atoms with Gasteiger partial charge in [-0.15, -0.1) is 0 Å². The Morgan fingerprint density at radius 3 is 2.35 bits per heavy atom. The first-order valence-electron chi connectivity index (χ1n) is 7.76. The molecule has 0 spiro atoms. The lowest BCUT2D eigenvalue weighted by Crippen LogP contribution is -2.01. The molecular weight excluding hydrogens is 248 g/mol. The quantitative estimate of drug-likeness (QED) is 0.621. The Hall–Kier alpha value is -1.28. The molecule has 1 unspecified atom stereocenters. The van der Waals surface area contributed by atoms with Crippen LogP contribution < -0.4 is 4.74 Å². The fourth-order valence-electron chi connectivity index (χ4n) is 2.17. The van der Waals surface area contributed by atoms with Crippen molar-refractivity contribution in [1.29, 1.82) is 0 Å². The molecule has 20 heavy (non-hydrogen) atoms.